The van der Waals surface area contributed by atoms with Crippen LogP contribution in [0.2, 0.25) is 0 Å². The molecule has 0 amide bonds. The zero-order chi connectivity index (χ0) is 14.7. The molecule has 0 heterocycles. The van der Waals surface area contributed by atoms with E-state index in [4.69, 9.17) is 10.5 Å². The van der Waals surface area contributed by atoms with Gasteiger partial charge in [0.25, 0.3) is 0 Å². The highest BCUT2D eigenvalue weighted by Gasteiger charge is 2.09. The molecule has 0 fully saturated rings. The molecule has 3 nitrogen and oxygen atoms in total. The van der Waals surface area contributed by atoms with Crippen LogP contribution in [0.15, 0.2) is 66.7 Å². The number of aliphatic hydroxyl groups is 1. The zero-order valence-electron chi connectivity index (χ0n) is 11.6. The summed E-state index contributed by atoms with van der Waals surface area (Å²) in [6.07, 6.45) is -0.676. The van der Waals surface area contributed by atoms with Gasteiger partial charge in [0.15, 0.2) is 0 Å². The second-order valence-electron chi connectivity index (χ2n) is 4.97. The van der Waals surface area contributed by atoms with Crippen molar-refractivity contribution in [3.05, 3.63) is 72.3 Å². The number of hydrogen-bond acceptors (Lipinski definition) is 3. The molecule has 3 N–H and O–H groups in total. The van der Waals surface area contributed by atoms with Gasteiger partial charge < -0.3 is 15.6 Å². The zero-order valence-corrected chi connectivity index (χ0v) is 11.6. The summed E-state index contributed by atoms with van der Waals surface area (Å²) < 4.78 is 5.78. The lowest BCUT2D eigenvalue weighted by molar-refractivity contribution is 0.109. The van der Waals surface area contributed by atoms with Gasteiger partial charge in [0.2, 0.25) is 0 Å². The van der Waals surface area contributed by atoms with Crippen LogP contribution in [0.5, 0.6) is 5.75 Å². The summed E-state index contributed by atoms with van der Waals surface area (Å²) in [7, 11) is 0. The van der Waals surface area contributed by atoms with E-state index in [1.165, 1.54) is 0 Å². The van der Waals surface area contributed by atoms with Crippen LogP contribution in [0.25, 0.3) is 10.8 Å². The minimum Gasteiger partial charge on any atom is -0.490 e. The maximum Gasteiger partial charge on any atom is 0.127 e. The number of rotatable bonds is 4. The number of nitrogens with two attached hydrogens (primary N) is 1. The van der Waals surface area contributed by atoms with E-state index in [1.807, 2.05) is 54.6 Å². The van der Waals surface area contributed by atoms with Crippen LogP contribution in [-0.4, -0.2) is 11.7 Å². The number of hydrogen-bond donors (Lipinski definition) is 2. The van der Waals surface area contributed by atoms with Crippen LogP contribution in [0, 0.1) is 0 Å². The Hall–Kier alpha value is -2.52. The van der Waals surface area contributed by atoms with Crippen molar-refractivity contribution < 1.29 is 9.84 Å². The van der Waals surface area contributed by atoms with Crippen molar-refractivity contribution in [1.82, 2.24) is 0 Å². The Morgan fingerprint density at radius 2 is 1.62 bits per heavy atom. The number of nitrogen functional groups attached to an aromatic ring is 1. The van der Waals surface area contributed by atoms with Crippen LogP contribution in [0.4, 0.5) is 5.69 Å². The molecule has 0 saturated carbocycles. The van der Waals surface area contributed by atoms with Crippen LogP contribution in [0.3, 0.4) is 0 Å². The summed E-state index contributed by atoms with van der Waals surface area (Å²) in [5, 5.41) is 12.3. The second-order valence-corrected chi connectivity index (χ2v) is 4.97. The molecule has 0 saturated heterocycles. The van der Waals surface area contributed by atoms with Crippen molar-refractivity contribution in [2.24, 2.45) is 0 Å². The van der Waals surface area contributed by atoms with E-state index < -0.39 is 6.10 Å². The van der Waals surface area contributed by atoms with Gasteiger partial charge >= 0.3 is 0 Å². The van der Waals surface area contributed by atoms with E-state index >= 15 is 0 Å². The molecule has 1 unspecified atom stereocenters. The predicted octanol–water partition coefficient (Wildman–Crippen LogP) is 3.53. The van der Waals surface area contributed by atoms with E-state index in [0.29, 0.717) is 5.69 Å². The van der Waals surface area contributed by atoms with E-state index in [2.05, 4.69) is 0 Å². The Kier molecular flexibility index (Phi) is 3.75. The summed E-state index contributed by atoms with van der Waals surface area (Å²) in [5.41, 5.74) is 7.12. The fraction of sp³-hybridized carbons (Fsp3) is 0.111. The highest BCUT2D eigenvalue weighted by molar-refractivity contribution is 5.88. The van der Waals surface area contributed by atoms with Crippen molar-refractivity contribution in [3.63, 3.8) is 0 Å². The first-order valence-corrected chi connectivity index (χ1v) is 6.88. The largest absolute Gasteiger partial charge is 0.490 e. The van der Waals surface area contributed by atoms with E-state index in [1.54, 1.807) is 12.1 Å². The molecule has 0 bridgehead atoms. The number of anilines is 1. The summed E-state index contributed by atoms with van der Waals surface area (Å²) >= 11 is 0. The predicted molar refractivity (Wildman–Crippen MR) is 85.3 cm³/mol. The molecule has 3 aromatic carbocycles. The lowest BCUT2D eigenvalue weighted by atomic mass is 10.1. The van der Waals surface area contributed by atoms with Gasteiger partial charge in [-0.25, -0.2) is 0 Å². The summed E-state index contributed by atoms with van der Waals surface area (Å²) in [6.45, 7) is 0.206. The number of ether oxygens (including phenoxy) is 1. The fourth-order valence-electron chi connectivity index (χ4n) is 2.30. The van der Waals surface area contributed by atoms with Crippen molar-refractivity contribution in [2.45, 2.75) is 6.10 Å². The maximum atomic E-state index is 10.2. The van der Waals surface area contributed by atoms with E-state index in [-0.39, 0.29) is 6.61 Å². The van der Waals surface area contributed by atoms with Gasteiger partial charge in [-0.2, -0.15) is 0 Å². The quantitative estimate of drug-likeness (QED) is 0.718. The molecule has 0 spiro atoms. The summed E-state index contributed by atoms with van der Waals surface area (Å²) in [6, 6.07) is 21.1. The standard InChI is InChI=1S/C18H17NO2/c19-15-10-8-14(9-11-15)17(20)12-21-18-7-3-5-13-4-1-2-6-16(13)18/h1-11,17,20H,12,19H2. The average Bonchev–Trinajstić information content (AvgIpc) is 2.53. The van der Waals surface area contributed by atoms with Gasteiger partial charge in [0.1, 0.15) is 18.5 Å². The Labute approximate surface area is 123 Å². The minimum atomic E-state index is -0.676. The summed E-state index contributed by atoms with van der Waals surface area (Å²) in [5.74, 6) is 0.780. The van der Waals surface area contributed by atoms with Gasteiger partial charge in [-0.1, -0.05) is 48.5 Å². The molecular formula is C18H17NO2. The normalized spacial score (nSPS) is 12.2. The third-order valence-electron chi connectivity index (χ3n) is 3.47. The molecular weight excluding hydrogens is 262 g/mol. The van der Waals surface area contributed by atoms with Crippen LogP contribution in [0.1, 0.15) is 11.7 Å². The van der Waals surface area contributed by atoms with Crippen molar-refractivity contribution in [3.8, 4) is 5.75 Å². The first-order chi connectivity index (χ1) is 10.2. The molecule has 0 aliphatic rings. The Balaban J connectivity index is 1.76. The van der Waals surface area contributed by atoms with Gasteiger partial charge in [-0.3, -0.25) is 0 Å². The van der Waals surface area contributed by atoms with Gasteiger partial charge in [-0.15, -0.1) is 0 Å². The molecule has 1 atom stereocenters. The molecule has 3 heteroatoms. The molecule has 21 heavy (non-hydrogen) atoms. The van der Waals surface area contributed by atoms with Crippen LogP contribution in [-0.2, 0) is 0 Å². The van der Waals surface area contributed by atoms with Gasteiger partial charge in [0, 0.05) is 11.1 Å². The second kappa shape index (κ2) is 5.85. The highest BCUT2D eigenvalue weighted by atomic mass is 16.5. The monoisotopic (exact) mass is 279 g/mol. The topological polar surface area (TPSA) is 55.5 Å². The molecule has 0 radical (unpaired) electrons. The Bertz CT molecular complexity index is 732. The molecule has 3 rings (SSSR count). The molecule has 0 aliphatic carbocycles. The highest BCUT2D eigenvalue weighted by Crippen LogP contribution is 2.26. The third-order valence-corrected chi connectivity index (χ3v) is 3.47. The first-order valence-electron chi connectivity index (χ1n) is 6.88. The molecule has 0 aliphatic heterocycles. The van der Waals surface area contributed by atoms with Crippen LogP contribution >= 0.6 is 0 Å². The maximum absolute atomic E-state index is 10.2. The molecule has 3 aromatic rings. The lowest BCUT2D eigenvalue weighted by Gasteiger charge is -2.14. The lowest BCUT2D eigenvalue weighted by Crippen LogP contribution is -2.09. The Morgan fingerprint density at radius 1 is 0.905 bits per heavy atom. The van der Waals surface area contributed by atoms with Crippen molar-refractivity contribution in [1.29, 1.82) is 0 Å². The smallest absolute Gasteiger partial charge is 0.127 e. The van der Waals surface area contributed by atoms with Crippen molar-refractivity contribution >= 4 is 16.5 Å². The third kappa shape index (κ3) is 2.98. The number of aliphatic hydroxyl groups excluding tert-OH is 1. The van der Waals surface area contributed by atoms with Gasteiger partial charge in [0.05, 0.1) is 0 Å². The van der Waals surface area contributed by atoms with Crippen molar-refractivity contribution in [2.75, 3.05) is 12.3 Å². The molecule has 0 aromatic heterocycles. The summed E-state index contributed by atoms with van der Waals surface area (Å²) in [4.78, 5) is 0. The fourth-order valence-corrected chi connectivity index (χ4v) is 2.30. The minimum absolute atomic E-state index is 0.206. The molecule has 106 valence electrons. The first kappa shape index (κ1) is 13.5. The van der Waals surface area contributed by atoms with E-state index in [0.717, 1.165) is 22.1 Å². The Morgan fingerprint density at radius 3 is 2.43 bits per heavy atom. The van der Waals surface area contributed by atoms with E-state index in [9.17, 15) is 5.11 Å². The van der Waals surface area contributed by atoms with Crippen LogP contribution < -0.4 is 10.5 Å². The van der Waals surface area contributed by atoms with Gasteiger partial charge in [-0.05, 0) is 29.1 Å². The average molecular weight is 279 g/mol. The number of benzene rings is 3. The SMILES string of the molecule is Nc1ccc(C(O)COc2cccc3ccccc23)cc1. The number of fused-ring (bicyclic) bond motifs is 1.